The summed E-state index contributed by atoms with van der Waals surface area (Å²) in [6, 6.07) is 3.17. The number of hydrogen-bond acceptors (Lipinski definition) is 7. The van der Waals surface area contributed by atoms with Crippen molar-refractivity contribution in [3.8, 4) is 5.95 Å². The number of rotatable bonds is 5. The van der Waals surface area contributed by atoms with Crippen molar-refractivity contribution < 1.29 is 4.79 Å². The van der Waals surface area contributed by atoms with Crippen LogP contribution in [0.2, 0.25) is 0 Å². The van der Waals surface area contributed by atoms with Crippen molar-refractivity contribution in [2.75, 3.05) is 5.32 Å². The van der Waals surface area contributed by atoms with Crippen LogP contribution in [-0.4, -0.2) is 35.2 Å². The van der Waals surface area contributed by atoms with E-state index < -0.39 is 0 Å². The van der Waals surface area contributed by atoms with Crippen LogP contribution in [0.4, 0.5) is 5.82 Å². The Balaban J connectivity index is 1.98. The lowest BCUT2D eigenvalue weighted by Crippen LogP contribution is -2.19. The van der Waals surface area contributed by atoms with Gasteiger partial charge in [-0.25, -0.2) is 4.98 Å². The second-order valence-electron chi connectivity index (χ2n) is 5.53. The molecule has 0 bridgehead atoms. The van der Waals surface area contributed by atoms with E-state index in [0.717, 1.165) is 18.0 Å². The van der Waals surface area contributed by atoms with E-state index in [9.17, 15) is 9.59 Å². The number of H-pyrrole nitrogens is 1. The molecule has 3 heterocycles. The Hall–Kier alpha value is -2.88. The van der Waals surface area contributed by atoms with Crippen LogP contribution in [0.5, 0.6) is 0 Å². The highest BCUT2D eigenvalue weighted by molar-refractivity contribution is 7.08. The molecule has 3 aromatic rings. The Morgan fingerprint density at radius 2 is 2.16 bits per heavy atom. The van der Waals surface area contributed by atoms with Gasteiger partial charge in [0.2, 0.25) is 5.95 Å². The number of nitrogens with zero attached hydrogens (tertiary/aromatic N) is 5. The molecule has 0 saturated heterocycles. The predicted molar refractivity (Wildman–Crippen MR) is 93.3 cm³/mol. The van der Waals surface area contributed by atoms with Gasteiger partial charge < -0.3 is 5.32 Å². The lowest BCUT2D eigenvalue weighted by molar-refractivity contribution is 0.102. The summed E-state index contributed by atoms with van der Waals surface area (Å²) in [5, 5.41) is 10.9. The second-order valence-corrected chi connectivity index (χ2v) is 6.29. The van der Waals surface area contributed by atoms with Crippen LogP contribution < -0.4 is 10.9 Å². The molecule has 0 spiro atoms. The highest BCUT2D eigenvalue weighted by atomic mass is 32.1. The second kappa shape index (κ2) is 6.93. The fraction of sp³-hybridized carbons (Fsp3) is 0.333. The molecule has 0 aromatic carbocycles. The van der Waals surface area contributed by atoms with Gasteiger partial charge in [-0.2, -0.15) is 9.78 Å². The van der Waals surface area contributed by atoms with Gasteiger partial charge in [-0.3, -0.25) is 14.6 Å². The summed E-state index contributed by atoms with van der Waals surface area (Å²) in [6.07, 6.45) is 1.56. The summed E-state index contributed by atoms with van der Waals surface area (Å²) in [7, 11) is 0. The van der Waals surface area contributed by atoms with E-state index in [1.54, 1.807) is 19.9 Å². The first-order valence-electron chi connectivity index (χ1n) is 7.75. The zero-order valence-corrected chi connectivity index (χ0v) is 14.8. The summed E-state index contributed by atoms with van der Waals surface area (Å²) in [5.74, 6) is 0.339. The van der Waals surface area contributed by atoms with E-state index >= 15 is 0 Å². The first-order chi connectivity index (χ1) is 12.0. The lowest BCUT2D eigenvalue weighted by Gasteiger charge is -2.08. The van der Waals surface area contributed by atoms with Crippen LogP contribution in [0.1, 0.15) is 40.1 Å². The monoisotopic (exact) mass is 359 g/mol. The lowest BCUT2D eigenvalue weighted by atomic mass is 10.2. The van der Waals surface area contributed by atoms with Gasteiger partial charge in [0.15, 0.2) is 0 Å². The molecular weight excluding hydrogens is 342 g/mol. The van der Waals surface area contributed by atoms with Crippen molar-refractivity contribution >= 4 is 23.3 Å². The van der Waals surface area contributed by atoms with Gasteiger partial charge in [0.05, 0.1) is 11.4 Å². The number of hydrogen-bond donors (Lipinski definition) is 2. The molecule has 0 saturated carbocycles. The Labute approximate surface area is 147 Å². The molecule has 3 aromatic heterocycles. The van der Waals surface area contributed by atoms with Crippen molar-refractivity contribution in [1.82, 2.24) is 29.3 Å². The van der Waals surface area contributed by atoms with Gasteiger partial charge in [0, 0.05) is 17.8 Å². The zero-order valence-electron chi connectivity index (χ0n) is 14.0. The van der Waals surface area contributed by atoms with Crippen LogP contribution in [0.15, 0.2) is 16.9 Å². The normalized spacial score (nSPS) is 10.8. The summed E-state index contributed by atoms with van der Waals surface area (Å²) in [6.45, 7) is 5.52. The SMILES string of the molecule is CCCc1cc(=O)[nH]c(-n2nc(C)cc2NC(=O)c2snnc2C)n1. The van der Waals surface area contributed by atoms with E-state index in [1.165, 1.54) is 10.7 Å². The third kappa shape index (κ3) is 3.63. The smallest absolute Gasteiger partial charge is 0.270 e. The largest absolute Gasteiger partial charge is 0.306 e. The van der Waals surface area contributed by atoms with Crippen LogP contribution in [0, 0.1) is 13.8 Å². The number of anilines is 1. The molecule has 3 rings (SSSR count). The number of aryl methyl sites for hydroxylation is 3. The number of aromatic amines is 1. The van der Waals surface area contributed by atoms with E-state index in [0.29, 0.717) is 34.2 Å². The number of aromatic nitrogens is 6. The minimum absolute atomic E-state index is 0.263. The van der Waals surface area contributed by atoms with E-state index in [-0.39, 0.29) is 17.4 Å². The van der Waals surface area contributed by atoms with Gasteiger partial charge in [-0.05, 0) is 31.8 Å². The van der Waals surface area contributed by atoms with E-state index in [2.05, 4.69) is 30.0 Å². The molecule has 25 heavy (non-hydrogen) atoms. The van der Waals surface area contributed by atoms with Gasteiger partial charge in [0.1, 0.15) is 10.7 Å². The molecule has 0 unspecified atom stereocenters. The molecule has 9 nitrogen and oxygen atoms in total. The predicted octanol–water partition coefficient (Wildman–Crippen LogP) is 1.63. The Bertz CT molecular complexity index is 972. The van der Waals surface area contributed by atoms with Crippen LogP contribution >= 0.6 is 11.5 Å². The van der Waals surface area contributed by atoms with Crippen molar-refractivity contribution in [1.29, 1.82) is 0 Å². The zero-order chi connectivity index (χ0) is 18.0. The standard InChI is InChI=1S/C15H17N7O2S/c1-4-5-10-7-12(23)18-15(16-10)22-11(6-8(2)20-22)17-14(24)13-9(3)19-21-25-13/h6-7H,4-5H2,1-3H3,(H,17,24)(H,16,18,23). The van der Waals surface area contributed by atoms with Crippen molar-refractivity contribution in [3.63, 3.8) is 0 Å². The van der Waals surface area contributed by atoms with Crippen molar-refractivity contribution in [2.24, 2.45) is 0 Å². The van der Waals surface area contributed by atoms with E-state index in [4.69, 9.17) is 0 Å². The molecule has 0 atom stereocenters. The molecule has 1 amide bonds. The van der Waals surface area contributed by atoms with Crippen LogP contribution in [0.25, 0.3) is 5.95 Å². The van der Waals surface area contributed by atoms with Crippen LogP contribution in [0.3, 0.4) is 0 Å². The van der Waals surface area contributed by atoms with Gasteiger partial charge in [-0.15, -0.1) is 5.10 Å². The van der Waals surface area contributed by atoms with Gasteiger partial charge in [0.25, 0.3) is 11.5 Å². The van der Waals surface area contributed by atoms with Gasteiger partial charge in [-0.1, -0.05) is 17.8 Å². The molecule has 2 N–H and O–H groups in total. The minimum Gasteiger partial charge on any atom is -0.306 e. The summed E-state index contributed by atoms with van der Waals surface area (Å²) >= 11 is 1.02. The summed E-state index contributed by atoms with van der Waals surface area (Å²) < 4.78 is 5.18. The number of carbonyl (C=O) groups excluding carboxylic acids is 1. The minimum atomic E-state index is -0.333. The van der Waals surface area contributed by atoms with Crippen LogP contribution in [-0.2, 0) is 6.42 Å². The van der Waals surface area contributed by atoms with Crippen molar-refractivity contribution in [3.05, 3.63) is 44.4 Å². The third-order valence-electron chi connectivity index (χ3n) is 3.42. The maximum absolute atomic E-state index is 12.4. The van der Waals surface area contributed by atoms with Gasteiger partial charge >= 0.3 is 0 Å². The maximum Gasteiger partial charge on any atom is 0.270 e. The van der Waals surface area contributed by atoms with Crippen molar-refractivity contribution in [2.45, 2.75) is 33.6 Å². The molecule has 0 fully saturated rings. The maximum atomic E-state index is 12.4. The highest BCUT2D eigenvalue weighted by Gasteiger charge is 2.17. The average molecular weight is 359 g/mol. The molecule has 10 heteroatoms. The third-order valence-corrected chi connectivity index (χ3v) is 4.25. The molecule has 0 radical (unpaired) electrons. The summed E-state index contributed by atoms with van der Waals surface area (Å²) in [4.78, 5) is 31.8. The number of amides is 1. The fourth-order valence-electron chi connectivity index (χ4n) is 2.34. The molecular formula is C15H17N7O2S. The number of carbonyl (C=O) groups is 1. The first kappa shape index (κ1) is 17.0. The highest BCUT2D eigenvalue weighted by Crippen LogP contribution is 2.17. The number of nitrogens with one attached hydrogen (secondary N) is 2. The molecule has 0 aliphatic rings. The Kier molecular flexibility index (Phi) is 4.70. The first-order valence-corrected chi connectivity index (χ1v) is 8.53. The average Bonchev–Trinajstić information content (AvgIpc) is 3.13. The summed E-state index contributed by atoms with van der Waals surface area (Å²) in [5.41, 5.74) is 1.65. The Morgan fingerprint density at radius 3 is 2.84 bits per heavy atom. The topological polar surface area (TPSA) is 118 Å². The van der Waals surface area contributed by atoms with E-state index in [1.807, 2.05) is 6.92 Å². The Morgan fingerprint density at radius 1 is 1.36 bits per heavy atom. The molecule has 130 valence electrons. The fourth-order valence-corrected chi connectivity index (χ4v) is 2.89. The quantitative estimate of drug-likeness (QED) is 0.715. The molecule has 0 aliphatic heterocycles. The molecule has 0 aliphatic carbocycles.